The number of aromatic nitrogens is 1. The lowest BCUT2D eigenvalue weighted by molar-refractivity contribution is -0.118. The van der Waals surface area contributed by atoms with Gasteiger partial charge in [0.25, 0.3) is 0 Å². The van der Waals surface area contributed by atoms with Crippen molar-refractivity contribution in [3.8, 4) is 0 Å². The predicted molar refractivity (Wildman–Crippen MR) is 130 cm³/mol. The summed E-state index contributed by atoms with van der Waals surface area (Å²) in [6.07, 6.45) is 2.44. The molecule has 0 spiro atoms. The molecule has 0 aliphatic rings. The first-order valence-corrected chi connectivity index (χ1v) is 13.7. The molecule has 1 heterocycles. The topological polar surface area (TPSA) is 70.6 Å². The summed E-state index contributed by atoms with van der Waals surface area (Å²) in [6, 6.07) is 14.4. The van der Waals surface area contributed by atoms with E-state index >= 15 is 0 Å². The van der Waals surface area contributed by atoms with E-state index in [1.54, 1.807) is 47.0 Å². The van der Waals surface area contributed by atoms with Gasteiger partial charge in [-0.05, 0) is 51.0 Å². The van der Waals surface area contributed by atoms with Crippen LogP contribution in [0.25, 0.3) is 10.2 Å². The molecule has 0 radical (unpaired) electrons. The molecule has 3 aromatic rings. The maximum atomic E-state index is 13.1. The molecule has 9 heteroatoms. The zero-order valence-corrected chi connectivity index (χ0v) is 20.4. The van der Waals surface area contributed by atoms with Gasteiger partial charge in [-0.2, -0.15) is 0 Å². The van der Waals surface area contributed by atoms with Crippen LogP contribution in [0.15, 0.2) is 58.3 Å². The number of hydrogen-bond acceptors (Lipinski definition) is 7. The molecule has 6 nitrogen and oxygen atoms in total. The van der Waals surface area contributed by atoms with Gasteiger partial charge in [0.1, 0.15) is 0 Å². The Kier molecular flexibility index (Phi) is 8.10. The minimum absolute atomic E-state index is 0.0548. The first-order chi connectivity index (χ1) is 14.8. The van der Waals surface area contributed by atoms with Crippen LogP contribution < -0.4 is 4.90 Å². The monoisotopic (exact) mass is 477 g/mol. The molecule has 0 fully saturated rings. The van der Waals surface area contributed by atoms with E-state index in [0.717, 1.165) is 15.1 Å². The fourth-order valence-electron chi connectivity index (χ4n) is 3.11. The van der Waals surface area contributed by atoms with Crippen molar-refractivity contribution in [2.24, 2.45) is 0 Å². The highest BCUT2D eigenvalue weighted by molar-refractivity contribution is 7.98. The Morgan fingerprint density at radius 2 is 1.81 bits per heavy atom. The number of nitrogens with zero attached hydrogens (tertiary/aromatic N) is 3. The zero-order chi connectivity index (χ0) is 22.4. The minimum Gasteiger partial charge on any atom is -0.308 e. The number of fused-ring (bicyclic) bond motifs is 1. The molecule has 2 aromatic carbocycles. The molecule has 166 valence electrons. The van der Waals surface area contributed by atoms with Crippen molar-refractivity contribution in [1.82, 2.24) is 9.88 Å². The highest BCUT2D eigenvalue weighted by Gasteiger charge is 2.22. The van der Waals surface area contributed by atoms with E-state index in [0.29, 0.717) is 23.1 Å². The Labute approximate surface area is 192 Å². The number of sulfone groups is 1. The molecule has 1 aromatic heterocycles. The summed E-state index contributed by atoms with van der Waals surface area (Å²) in [5.41, 5.74) is 0.907. The molecule has 0 bridgehead atoms. The van der Waals surface area contributed by atoms with Gasteiger partial charge in [-0.25, -0.2) is 13.4 Å². The molecule has 3 rings (SSSR count). The Balaban J connectivity index is 1.75. The third kappa shape index (κ3) is 6.06. The highest BCUT2D eigenvalue weighted by atomic mass is 32.2. The fourth-order valence-corrected chi connectivity index (χ4v) is 6.11. The molecule has 0 N–H and O–H groups in total. The molecule has 0 saturated carbocycles. The second-order valence-corrected chi connectivity index (χ2v) is 11.4. The lowest BCUT2D eigenvalue weighted by atomic mass is 10.3. The van der Waals surface area contributed by atoms with Crippen molar-refractivity contribution >= 4 is 54.2 Å². The molecule has 0 saturated heterocycles. The standard InChI is InChI=1S/C22H27N3O3S3/c1-24(2)14-15-25(22-23-21-18(29-3)11-7-12-19(21)30-22)20(26)13-8-16-31(27,28)17-9-5-4-6-10-17/h4-7,9-12H,8,13-16H2,1-3H3. The summed E-state index contributed by atoms with van der Waals surface area (Å²) in [5.74, 6) is -0.157. The van der Waals surface area contributed by atoms with E-state index in [2.05, 4.69) is 0 Å². The van der Waals surface area contributed by atoms with Crippen LogP contribution in [0.2, 0.25) is 0 Å². The van der Waals surface area contributed by atoms with Crippen molar-refractivity contribution in [2.45, 2.75) is 22.6 Å². The minimum atomic E-state index is -3.40. The summed E-state index contributed by atoms with van der Waals surface area (Å²) in [7, 11) is 0.519. The van der Waals surface area contributed by atoms with Gasteiger partial charge < -0.3 is 4.90 Å². The molecule has 0 atom stereocenters. The van der Waals surface area contributed by atoms with Crippen LogP contribution in [0.3, 0.4) is 0 Å². The van der Waals surface area contributed by atoms with E-state index < -0.39 is 9.84 Å². The van der Waals surface area contributed by atoms with Crippen molar-refractivity contribution in [2.75, 3.05) is 44.1 Å². The summed E-state index contributed by atoms with van der Waals surface area (Å²) >= 11 is 3.12. The van der Waals surface area contributed by atoms with Crippen molar-refractivity contribution in [3.05, 3.63) is 48.5 Å². The van der Waals surface area contributed by atoms with Crippen LogP contribution in [0.4, 0.5) is 5.13 Å². The molecule has 0 unspecified atom stereocenters. The van der Waals surface area contributed by atoms with E-state index in [1.165, 1.54) is 11.3 Å². The SMILES string of the molecule is CSc1cccc2sc(N(CCN(C)C)C(=O)CCCS(=O)(=O)c3ccccc3)nc12. The quantitative estimate of drug-likeness (QED) is 0.408. The first-order valence-electron chi connectivity index (χ1n) is 9.98. The van der Waals surface area contributed by atoms with Crippen LogP contribution in [0.1, 0.15) is 12.8 Å². The molecular formula is C22H27N3O3S3. The second kappa shape index (κ2) is 10.6. The number of anilines is 1. The number of rotatable bonds is 10. The smallest absolute Gasteiger partial charge is 0.228 e. The average molecular weight is 478 g/mol. The van der Waals surface area contributed by atoms with Crippen LogP contribution in [-0.2, 0) is 14.6 Å². The summed E-state index contributed by atoms with van der Waals surface area (Å²) in [4.78, 5) is 22.9. The maximum absolute atomic E-state index is 13.1. The van der Waals surface area contributed by atoms with Crippen LogP contribution >= 0.6 is 23.1 Å². The van der Waals surface area contributed by atoms with Gasteiger partial charge in [0.05, 0.1) is 20.9 Å². The zero-order valence-electron chi connectivity index (χ0n) is 17.9. The second-order valence-electron chi connectivity index (χ2n) is 7.39. The summed E-state index contributed by atoms with van der Waals surface area (Å²) < 4.78 is 26.1. The lowest BCUT2D eigenvalue weighted by Gasteiger charge is -2.22. The van der Waals surface area contributed by atoms with Crippen molar-refractivity contribution in [3.63, 3.8) is 0 Å². The Bertz CT molecular complexity index is 1130. The van der Waals surface area contributed by atoms with E-state index in [9.17, 15) is 13.2 Å². The van der Waals surface area contributed by atoms with Crippen LogP contribution in [0, 0.1) is 0 Å². The molecule has 1 amide bonds. The van der Waals surface area contributed by atoms with Crippen LogP contribution in [0.5, 0.6) is 0 Å². The molecule has 0 aliphatic carbocycles. The lowest BCUT2D eigenvalue weighted by Crippen LogP contribution is -2.36. The number of carbonyl (C=O) groups excluding carboxylic acids is 1. The number of thioether (sulfide) groups is 1. The van der Waals surface area contributed by atoms with Gasteiger partial charge >= 0.3 is 0 Å². The molecular weight excluding hydrogens is 450 g/mol. The van der Waals surface area contributed by atoms with Gasteiger partial charge in [0.2, 0.25) is 5.91 Å². The van der Waals surface area contributed by atoms with Gasteiger partial charge in [-0.3, -0.25) is 9.69 Å². The normalized spacial score (nSPS) is 11.9. The van der Waals surface area contributed by atoms with Crippen molar-refractivity contribution < 1.29 is 13.2 Å². The van der Waals surface area contributed by atoms with E-state index in [1.807, 2.05) is 43.5 Å². The average Bonchev–Trinajstić information content (AvgIpc) is 3.18. The van der Waals surface area contributed by atoms with E-state index in [-0.39, 0.29) is 24.5 Å². The number of likely N-dealkylation sites (N-methyl/N-ethyl adjacent to an activating group) is 1. The number of benzene rings is 2. The molecule has 31 heavy (non-hydrogen) atoms. The largest absolute Gasteiger partial charge is 0.308 e. The Hall–Kier alpha value is -1.94. The van der Waals surface area contributed by atoms with Gasteiger partial charge in [0.15, 0.2) is 15.0 Å². The third-order valence-corrected chi connectivity index (χ3v) is 8.43. The van der Waals surface area contributed by atoms with Gasteiger partial charge in [-0.15, -0.1) is 11.8 Å². The Morgan fingerprint density at radius 3 is 2.48 bits per heavy atom. The summed E-state index contributed by atoms with van der Waals surface area (Å²) in [6.45, 7) is 1.20. The Morgan fingerprint density at radius 1 is 1.06 bits per heavy atom. The number of hydrogen-bond donors (Lipinski definition) is 0. The third-order valence-electron chi connectivity index (χ3n) is 4.80. The maximum Gasteiger partial charge on any atom is 0.228 e. The van der Waals surface area contributed by atoms with Gasteiger partial charge in [-0.1, -0.05) is 35.6 Å². The fraction of sp³-hybridized carbons (Fsp3) is 0.364. The first kappa shape index (κ1) is 23.7. The number of carbonyl (C=O) groups is 1. The number of thiazole rings is 1. The van der Waals surface area contributed by atoms with E-state index in [4.69, 9.17) is 4.98 Å². The predicted octanol–water partition coefficient (Wildman–Crippen LogP) is 4.17. The van der Waals surface area contributed by atoms with Crippen molar-refractivity contribution in [1.29, 1.82) is 0 Å². The summed E-state index contributed by atoms with van der Waals surface area (Å²) in [5, 5.41) is 0.661. The highest BCUT2D eigenvalue weighted by Crippen LogP contribution is 2.34. The van der Waals surface area contributed by atoms with Crippen LogP contribution in [-0.4, -0.2) is 63.4 Å². The van der Waals surface area contributed by atoms with Gasteiger partial charge in [0, 0.05) is 24.4 Å². The molecule has 0 aliphatic heterocycles. The number of amides is 1. The number of para-hydroxylation sites is 1.